The molecule has 0 fully saturated rings. The molecule has 0 bridgehead atoms. The van der Waals surface area contributed by atoms with Crippen molar-refractivity contribution in [3.8, 4) is 5.75 Å². The van der Waals surface area contributed by atoms with Crippen molar-refractivity contribution in [2.45, 2.75) is 32.9 Å². The molecule has 0 atom stereocenters. The molecule has 5 nitrogen and oxygen atoms in total. The van der Waals surface area contributed by atoms with Gasteiger partial charge >= 0.3 is 0 Å². The van der Waals surface area contributed by atoms with Gasteiger partial charge in [0.05, 0.1) is 13.1 Å². The summed E-state index contributed by atoms with van der Waals surface area (Å²) in [4.78, 5) is 24.2. The molecule has 0 aliphatic heterocycles. The topological polar surface area (TPSA) is 69.7 Å². The molecule has 1 rings (SSSR count). The molecule has 0 radical (unpaired) electrons. The van der Waals surface area contributed by atoms with E-state index in [1.54, 1.807) is 12.0 Å². The smallest absolute Gasteiger partial charge is 0.247 e. The molecule has 0 saturated carbocycles. The Bertz CT molecular complexity index is 526. The third-order valence-corrected chi connectivity index (χ3v) is 2.94. The predicted molar refractivity (Wildman–Crippen MR) is 77.4 cm³/mol. The van der Waals surface area contributed by atoms with Gasteiger partial charge in [0, 0.05) is 18.2 Å². The normalized spacial score (nSPS) is 11.4. The van der Waals surface area contributed by atoms with Gasteiger partial charge in [-0.25, -0.2) is 0 Å². The lowest BCUT2D eigenvalue weighted by Crippen LogP contribution is -2.44. The molecule has 114 valence electrons. The Morgan fingerprint density at radius 3 is 2.19 bits per heavy atom. The second kappa shape index (κ2) is 6.92. The quantitative estimate of drug-likeness (QED) is 0.762. The van der Waals surface area contributed by atoms with Gasteiger partial charge in [-0.15, -0.1) is 0 Å². The zero-order chi connectivity index (χ0) is 16.0. The van der Waals surface area contributed by atoms with E-state index in [9.17, 15) is 14.7 Å². The summed E-state index contributed by atoms with van der Waals surface area (Å²) in [7, 11) is 1.59. The first kappa shape index (κ1) is 16.8. The maximum Gasteiger partial charge on any atom is 0.247 e. The summed E-state index contributed by atoms with van der Waals surface area (Å²) in [6, 6.07) is 7.37. The van der Waals surface area contributed by atoms with E-state index >= 15 is 0 Å². The predicted octanol–water partition coefficient (Wildman–Crippen LogP) is 1.13. The molecule has 1 aromatic carbocycles. The number of hydrogen-bond donors (Lipinski definition) is 0. The molecule has 21 heavy (non-hydrogen) atoms. The summed E-state index contributed by atoms with van der Waals surface area (Å²) in [5.41, 5.74) is 0.494. The Hall–Kier alpha value is -2.30. The number of nitrogens with zero attached hydrogens (tertiary/aromatic N) is 1. The zero-order valence-electron chi connectivity index (χ0n) is 12.8. The van der Waals surface area contributed by atoms with E-state index < -0.39 is 11.5 Å². The van der Waals surface area contributed by atoms with E-state index in [2.05, 4.69) is 0 Å². The average Bonchev–Trinajstić information content (AvgIpc) is 2.41. The number of carboxylic acid groups (broad SMARTS) is 1. The summed E-state index contributed by atoms with van der Waals surface area (Å²) in [6.07, 6.45) is 1.76. The fourth-order valence-electron chi connectivity index (χ4n) is 1.79. The maximum absolute atomic E-state index is 12.1. The number of amides is 1. The van der Waals surface area contributed by atoms with Crippen LogP contribution in [0.2, 0.25) is 0 Å². The number of ether oxygens (including phenoxy) is 1. The molecular weight excluding hydrogens is 270 g/mol. The minimum atomic E-state index is -1.39. The van der Waals surface area contributed by atoms with Crippen LogP contribution in [0.25, 0.3) is 0 Å². The van der Waals surface area contributed by atoms with Crippen LogP contribution in [0, 0.1) is 0 Å². The van der Waals surface area contributed by atoms with Gasteiger partial charge in [-0.2, -0.15) is 0 Å². The van der Waals surface area contributed by atoms with Crippen molar-refractivity contribution in [3.63, 3.8) is 0 Å². The minimum Gasteiger partial charge on any atom is -0.545 e. The maximum atomic E-state index is 12.1. The summed E-state index contributed by atoms with van der Waals surface area (Å²) in [6.45, 7) is 6.05. The van der Waals surface area contributed by atoms with E-state index in [0.717, 1.165) is 23.5 Å². The summed E-state index contributed by atoms with van der Waals surface area (Å²) in [5, 5.41) is 10.4. The highest BCUT2D eigenvalue weighted by Gasteiger charge is 2.24. The first-order valence-corrected chi connectivity index (χ1v) is 6.57. The van der Waals surface area contributed by atoms with Gasteiger partial charge in [-0.3, -0.25) is 4.79 Å². The molecule has 0 heterocycles. The van der Waals surface area contributed by atoms with Crippen LogP contribution in [0.4, 0.5) is 0 Å². The Morgan fingerprint density at radius 2 is 1.76 bits per heavy atom. The lowest BCUT2D eigenvalue weighted by Gasteiger charge is -2.35. The van der Waals surface area contributed by atoms with Gasteiger partial charge in [0.2, 0.25) is 5.91 Å². The highest BCUT2D eigenvalue weighted by atomic mass is 16.5. The number of carboxylic acids is 1. The van der Waals surface area contributed by atoms with E-state index in [1.807, 2.05) is 45.0 Å². The van der Waals surface area contributed by atoms with E-state index in [0.29, 0.717) is 6.54 Å². The number of carbonyl (C=O) groups excluding carboxylic acids is 2. The zero-order valence-corrected chi connectivity index (χ0v) is 12.8. The van der Waals surface area contributed by atoms with E-state index in [-0.39, 0.29) is 5.91 Å². The molecule has 0 aliphatic carbocycles. The van der Waals surface area contributed by atoms with Crippen LogP contribution in [0.3, 0.4) is 0 Å². The van der Waals surface area contributed by atoms with Gasteiger partial charge < -0.3 is 19.5 Å². The largest absolute Gasteiger partial charge is 0.545 e. The molecule has 0 aliphatic rings. The number of rotatable bonds is 5. The van der Waals surface area contributed by atoms with Crippen molar-refractivity contribution < 1.29 is 19.4 Å². The van der Waals surface area contributed by atoms with Crippen molar-refractivity contribution in [1.82, 2.24) is 4.90 Å². The molecule has 0 saturated heterocycles. The number of methoxy groups -OCH3 is 1. The van der Waals surface area contributed by atoms with Crippen molar-refractivity contribution in [3.05, 3.63) is 42.0 Å². The molecule has 0 aromatic heterocycles. The number of carbonyl (C=O) groups is 2. The molecule has 0 N–H and O–H groups in total. The second-order valence-corrected chi connectivity index (χ2v) is 5.60. The molecule has 1 amide bonds. The number of benzene rings is 1. The summed E-state index contributed by atoms with van der Waals surface area (Å²) >= 11 is 0. The van der Waals surface area contributed by atoms with E-state index in [1.165, 1.54) is 0 Å². The van der Waals surface area contributed by atoms with Crippen LogP contribution in [0.1, 0.15) is 26.3 Å². The Balaban J connectivity index is 2.93. The van der Waals surface area contributed by atoms with Crippen LogP contribution < -0.4 is 9.84 Å². The van der Waals surface area contributed by atoms with Crippen molar-refractivity contribution >= 4 is 11.9 Å². The fourth-order valence-corrected chi connectivity index (χ4v) is 1.79. The van der Waals surface area contributed by atoms with Gasteiger partial charge in [-0.1, -0.05) is 12.1 Å². The Kier molecular flexibility index (Phi) is 5.52. The van der Waals surface area contributed by atoms with Crippen LogP contribution in [-0.4, -0.2) is 29.4 Å². The second-order valence-electron chi connectivity index (χ2n) is 5.60. The third kappa shape index (κ3) is 5.30. The SMILES string of the molecule is COc1ccc(CN(C(=O)/C=C/C(=O)[O-])C(C)(C)C)cc1. The number of aliphatic carboxylic acids is 1. The molecule has 5 heteroatoms. The monoisotopic (exact) mass is 290 g/mol. The molecular formula is C16H20NO4-. The van der Waals surface area contributed by atoms with Gasteiger partial charge in [0.25, 0.3) is 0 Å². The molecule has 1 aromatic rings. The van der Waals surface area contributed by atoms with Crippen molar-refractivity contribution in [2.24, 2.45) is 0 Å². The van der Waals surface area contributed by atoms with Gasteiger partial charge in [0.1, 0.15) is 5.75 Å². The van der Waals surface area contributed by atoms with Crippen LogP contribution in [0.15, 0.2) is 36.4 Å². The van der Waals surface area contributed by atoms with Crippen LogP contribution in [-0.2, 0) is 16.1 Å². The standard InChI is InChI=1S/C16H21NO4/c1-16(2,3)17(14(18)9-10-15(19)20)11-12-5-7-13(21-4)8-6-12/h5-10H,11H2,1-4H3,(H,19,20)/p-1/b10-9+. The summed E-state index contributed by atoms with van der Waals surface area (Å²) in [5.74, 6) is -1.02. The Labute approximate surface area is 124 Å². The first-order valence-electron chi connectivity index (χ1n) is 6.57. The van der Waals surface area contributed by atoms with Crippen LogP contribution >= 0.6 is 0 Å². The van der Waals surface area contributed by atoms with Crippen molar-refractivity contribution in [2.75, 3.05) is 7.11 Å². The highest BCUT2D eigenvalue weighted by molar-refractivity contribution is 5.93. The lowest BCUT2D eigenvalue weighted by atomic mass is 10.0. The molecule has 0 spiro atoms. The Morgan fingerprint density at radius 1 is 1.19 bits per heavy atom. The molecule has 0 unspecified atom stereocenters. The third-order valence-electron chi connectivity index (χ3n) is 2.94. The average molecular weight is 290 g/mol. The lowest BCUT2D eigenvalue weighted by molar-refractivity contribution is -0.297. The fraction of sp³-hybridized carbons (Fsp3) is 0.375. The highest BCUT2D eigenvalue weighted by Crippen LogP contribution is 2.19. The van der Waals surface area contributed by atoms with Crippen LogP contribution in [0.5, 0.6) is 5.75 Å². The minimum absolute atomic E-state index is 0.373. The van der Waals surface area contributed by atoms with Gasteiger partial charge in [0.15, 0.2) is 0 Å². The number of hydrogen-bond acceptors (Lipinski definition) is 4. The van der Waals surface area contributed by atoms with Gasteiger partial charge in [-0.05, 0) is 44.5 Å². The van der Waals surface area contributed by atoms with E-state index in [4.69, 9.17) is 4.74 Å². The summed E-state index contributed by atoms with van der Waals surface area (Å²) < 4.78 is 5.09. The first-order chi connectivity index (χ1) is 9.74. The van der Waals surface area contributed by atoms with Crippen molar-refractivity contribution in [1.29, 1.82) is 0 Å².